The zero-order chi connectivity index (χ0) is 20.8. The van der Waals surface area contributed by atoms with Gasteiger partial charge >= 0.3 is 6.03 Å². The first-order valence-electron chi connectivity index (χ1n) is 9.68. The number of piperidine rings is 1. The van der Waals surface area contributed by atoms with Crippen molar-refractivity contribution in [3.63, 3.8) is 0 Å². The minimum Gasteiger partial charge on any atom is -0.497 e. The van der Waals surface area contributed by atoms with Crippen LogP contribution >= 0.6 is 0 Å². The number of aromatic nitrogens is 1. The summed E-state index contributed by atoms with van der Waals surface area (Å²) in [6, 6.07) is 9.57. The number of ether oxygens (including phenoxy) is 1. The number of hydrogen-bond acceptors (Lipinski definition) is 4. The maximum atomic E-state index is 12.8. The first kappa shape index (κ1) is 20.4. The minimum atomic E-state index is -0.537. The lowest BCUT2D eigenvalue weighted by Gasteiger charge is -2.27. The van der Waals surface area contributed by atoms with Crippen molar-refractivity contribution in [3.05, 3.63) is 52.4 Å². The Morgan fingerprint density at radius 1 is 1.00 bits per heavy atom. The lowest BCUT2D eigenvalue weighted by molar-refractivity contribution is -0.132. The third kappa shape index (κ3) is 5.16. The number of nitrogens with one attached hydrogen (secondary N) is 2. The topological polar surface area (TPSA) is 92.7 Å². The van der Waals surface area contributed by atoms with Crippen molar-refractivity contribution in [3.8, 4) is 5.75 Å². The lowest BCUT2D eigenvalue weighted by atomic mass is 10.1. The molecule has 8 heteroatoms. The number of amides is 3. The molecule has 3 rings (SSSR count). The number of carbonyl (C=O) groups excluding carboxylic acids is 2. The molecule has 3 amide bonds. The molecule has 154 valence electrons. The Morgan fingerprint density at radius 2 is 1.69 bits per heavy atom. The molecule has 0 spiro atoms. The summed E-state index contributed by atoms with van der Waals surface area (Å²) in [6.07, 6.45) is 3.12. The Labute approximate surface area is 169 Å². The summed E-state index contributed by atoms with van der Waals surface area (Å²) in [4.78, 5) is 39.4. The zero-order valence-corrected chi connectivity index (χ0v) is 16.7. The van der Waals surface area contributed by atoms with Crippen molar-refractivity contribution >= 4 is 23.3 Å². The molecule has 0 atom stereocenters. The van der Waals surface area contributed by atoms with Crippen molar-refractivity contribution in [2.45, 2.75) is 32.7 Å². The molecule has 29 heavy (non-hydrogen) atoms. The maximum Gasteiger partial charge on any atom is 0.323 e. The Balaban J connectivity index is 1.69. The molecule has 2 heterocycles. The van der Waals surface area contributed by atoms with Crippen LogP contribution < -0.4 is 20.9 Å². The van der Waals surface area contributed by atoms with Crippen molar-refractivity contribution < 1.29 is 14.3 Å². The summed E-state index contributed by atoms with van der Waals surface area (Å²) in [5.74, 6) is 0.602. The molecule has 1 aliphatic rings. The van der Waals surface area contributed by atoms with Crippen LogP contribution in [0.1, 0.15) is 25.0 Å². The lowest BCUT2D eigenvalue weighted by Crippen LogP contribution is -2.40. The fourth-order valence-corrected chi connectivity index (χ4v) is 3.30. The second kappa shape index (κ2) is 9.27. The number of aryl methyl sites for hydroxylation is 1. The zero-order valence-electron chi connectivity index (χ0n) is 16.7. The molecule has 0 saturated carbocycles. The normalized spacial score (nSPS) is 13.7. The predicted octanol–water partition coefficient (Wildman–Crippen LogP) is 2.82. The Bertz CT molecular complexity index is 931. The first-order chi connectivity index (χ1) is 14.0. The fourth-order valence-electron chi connectivity index (χ4n) is 3.30. The number of urea groups is 1. The molecule has 2 N–H and O–H groups in total. The van der Waals surface area contributed by atoms with Crippen LogP contribution in [0.5, 0.6) is 5.75 Å². The standard InChI is InChI=1S/C21H26N4O4/c1-15-6-11-18(23-21(28)22-16-7-9-17(29-2)10-8-16)20(27)25(15)14-19(26)24-12-4-3-5-13-24/h6-11H,3-5,12-14H2,1-2H3,(H2,22,23,28). The van der Waals surface area contributed by atoms with Gasteiger partial charge in [0.1, 0.15) is 18.0 Å². The van der Waals surface area contributed by atoms with Crippen molar-refractivity contribution in [1.29, 1.82) is 0 Å². The fraction of sp³-hybridized carbons (Fsp3) is 0.381. The quantitative estimate of drug-likeness (QED) is 0.810. The third-order valence-electron chi connectivity index (χ3n) is 4.99. The van der Waals surface area contributed by atoms with E-state index in [2.05, 4.69) is 10.6 Å². The van der Waals surface area contributed by atoms with Gasteiger partial charge in [0, 0.05) is 24.5 Å². The van der Waals surface area contributed by atoms with E-state index in [1.165, 1.54) is 4.57 Å². The number of rotatable bonds is 5. The van der Waals surface area contributed by atoms with E-state index in [1.807, 2.05) is 0 Å². The Hall–Kier alpha value is -3.29. The number of hydrogen-bond donors (Lipinski definition) is 2. The number of anilines is 2. The van der Waals surface area contributed by atoms with Gasteiger partial charge in [-0.15, -0.1) is 0 Å². The highest BCUT2D eigenvalue weighted by Gasteiger charge is 2.19. The molecule has 2 aromatic rings. The second-order valence-corrected chi connectivity index (χ2v) is 7.03. The van der Waals surface area contributed by atoms with E-state index in [0.29, 0.717) is 17.1 Å². The summed E-state index contributed by atoms with van der Waals surface area (Å²) in [6.45, 7) is 3.20. The average molecular weight is 398 g/mol. The number of pyridine rings is 1. The number of benzene rings is 1. The number of carbonyl (C=O) groups is 2. The van der Waals surface area contributed by atoms with Crippen LogP contribution in [0.3, 0.4) is 0 Å². The van der Waals surface area contributed by atoms with E-state index in [4.69, 9.17) is 4.74 Å². The van der Waals surface area contributed by atoms with Gasteiger partial charge in [-0.3, -0.25) is 9.59 Å². The summed E-state index contributed by atoms with van der Waals surface area (Å²) in [7, 11) is 1.56. The van der Waals surface area contributed by atoms with Crippen LogP contribution in [0.2, 0.25) is 0 Å². The van der Waals surface area contributed by atoms with Crippen LogP contribution in [0.15, 0.2) is 41.2 Å². The number of methoxy groups -OCH3 is 1. The predicted molar refractivity (Wildman–Crippen MR) is 112 cm³/mol. The smallest absolute Gasteiger partial charge is 0.323 e. The van der Waals surface area contributed by atoms with Crippen molar-refractivity contribution in [2.75, 3.05) is 30.8 Å². The second-order valence-electron chi connectivity index (χ2n) is 7.03. The molecule has 0 bridgehead atoms. The molecule has 0 aliphatic carbocycles. The molecule has 8 nitrogen and oxygen atoms in total. The van der Waals surface area contributed by atoms with Crippen molar-refractivity contribution in [1.82, 2.24) is 9.47 Å². The maximum absolute atomic E-state index is 12.8. The highest BCUT2D eigenvalue weighted by atomic mass is 16.5. The highest BCUT2D eigenvalue weighted by molar-refractivity contribution is 5.99. The number of likely N-dealkylation sites (tertiary alicyclic amines) is 1. The monoisotopic (exact) mass is 398 g/mol. The van der Waals surface area contributed by atoms with Gasteiger partial charge in [-0.05, 0) is 62.6 Å². The van der Waals surface area contributed by atoms with E-state index < -0.39 is 11.6 Å². The van der Waals surface area contributed by atoms with E-state index in [-0.39, 0.29) is 18.1 Å². The summed E-state index contributed by atoms with van der Waals surface area (Å²) < 4.78 is 6.48. The van der Waals surface area contributed by atoms with Gasteiger partial charge in [0.2, 0.25) is 5.91 Å². The number of nitrogens with zero attached hydrogens (tertiary/aromatic N) is 2. The van der Waals surface area contributed by atoms with Crippen molar-refractivity contribution in [2.24, 2.45) is 0 Å². The average Bonchev–Trinajstić information content (AvgIpc) is 2.74. The first-order valence-corrected chi connectivity index (χ1v) is 9.68. The van der Waals surface area contributed by atoms with E-state index >= 15 is 0 Å². The largest absolute Gasteiger partial charge is 0.497 e. The third-order valence-corrected chi connectivity index (χ3v) is 4.99. The van der Waals surface area contributed by atoms with Crippen LogP contribution in [0.4, 0.5) is 16.2 Å². The van der Waals surface area contributed by atoms with Crippen LogP contribution in [0.25, 0.3) is 0 Å². The van der Waals surface area contributed by atoms with Gasteiger partial charge in [0.05, 0.1) is 7.11 Å². The summed E-state index contributed by atoms with van der Waals surface area (Å²) in [5.41, 5.74) is 0.950. The molecule has 1 aliphatic heterocycles. The molecule has 0 unspecified atom stereocenters. The van der Waals surface area contributed by atoms with E-state index in [1.54, 1.807) is 55.3 Å². The molecule has 0 radical (unpaired) electrons. The van der Waals surface area contributed by atoms with Gasteiger partial charge in [-0.25, -0.2) is 4.79 Å². The summed E-state index contributed by atoms with van der Waals surface area (Å²) >= 11 is 0. The van der Waals surface area contributed by atoms with Crippen LogP contribution in [-0.2, 0) is 11.3 Å². The van der Waals surface area contributed by atoms with Gasteiger partial charge < -0.3 is 24.8 Å². The molecular weight excluding hydrogens is 372 g/mol. The van der Waals surface area contributed by atoms with Gasteiger partial charge in [-0.1, -0.05) is 0 Å². The molecule has 1 aromatic carbocycles. The molecule has 1 aromatic heterocycles. The van der Waals surface area contributed by atoms with Gasteiger partial charge in [-0.2, -0.15) is 0 Å². The molecule has 1 fully saturated rings. The van der Waals surface area contributed by atoms with Crippen LogP contribution in [0, 0.1) is 6.92 Å². The van der Waals surface area contributed by atoms with Crippen LogP contribution in [-0.4, -0.2) is 41.6 Å². The summed E-state index contributed by atoms with van der Waals surface area (Å²) in [5, 5.41) is 5.23. The molecular formula is C21H26N4O4. The Kier molecular flexibility index (Phi) is 6.54. The van der Waals surface area contributed by atoms with Gasteiger partial charge in [0.25, 0.3) is 5.56 Å². The SMILES string of the molecule is COc1ccc(NC(=O)Nc2ccc(C)n(CC(=O)N3CCCCC3)c2=O)cc1. The highest BCUT2D eigenvalue weighted by Crippen LogP contribution is 2.15. The Morgan fingerprint density at radius 3 is 2.34 bits per heavy atom. The molecule has 1 saturated heterocycles. The van der Waals surface area contributed by atoms with E-state index in [9.17, 15) is 14.4 Å². The van der Waals surface area contributed by atoms with Gasteiger partial charge in [0.15, 0.2) is 0 Å². The minimum absolute atomic E-state index is 0.0275. The van der Waals surface area contributed by atoms with E-state index in [0.717, 1.165) is 32.4 Å².